The van der Waals surface area contributed by atoms with Crippen molar-refractivity contribution in [3.05, 3.63) is 23.6 Å². The molecule has 0 bridgehead atoms. The summed E-state index contributed by atoms with van der Waals surface area (Å²) in [5, 5.41) is 7.33. The zero-order valence-electron chi connectivity index (χ0n) is 11.4. The van der Waals surface area contributed by atoms with Gasteiger partial charge in [-0.25, -0.2) is 4.98 Å². The van der Waals surface area contributed by atoms with Crippen molar-refractivity contribution in [2.45, 2.75) is 52.1 Å². The third-order valence-electron chi connectivity index (χ3n) is 3.46. The Balaban J connectivity index is 1.76. The fraction of sp³-hybridized carbons (Fsp3) is 0.615. The number of anilines is 1. The van der Waals surface area contributed by atoms with Crippen LogP contribution in [0, 0.1) is 13.8 Å². The summed E-state index contributed by atoms with van der Waals surface area (Å²) in [5.74, 6) is 2.18. The highest BCUT2D eigenvalue weighted by molar-refractivity contribution is 5.31. The Morgan fingerprint density at radius 1 is 1.32 bits per heavy atom. The van der Waals surface area contributed by atoms with E-state index in [-0.39, 0.29) is 0 Å². The summed E-state index contributed by atoms with van der Waals surface area (Å²) in [6.45, 7) is 4.38. The van der Waals surface area contributed by atoms with Crippen molar-refractivity contribution in [1.29, 1.82) is 0 Å². The van der Waals surface area contributed by atoms with Gasteiger partial charge in [-0.3, -0.25) is 0 Å². The van der Waals surface area contributed by atoms with Gasteiger partial charge in [-0.15, -0.1) is 0 Å². The number of nitrogens with zero attached hydrogens (tertiary/aromatic N) is 4. The second-order valence-electron chi connectivity index (χ2n) is 5.19. The van der Waals surface area contributed by atoms with Crippen molar-refractivity contribution in [3.8, 4) is 0 Å². The molecule has 1 aliphatic rings. The Bertz CT molecular complexity index is 553. The van der Waals surface area contributed by atoms with Gasteiger partial charge in [0.05, 0.1) is 5.69 Å². The van der Waals surface area contributed by atoms with Gasteiger partial charge in [0, 0.05) is 12.2 Å². The van der Waals surface area contributed by atoms with Crippen LogP contribution in [0.5, 0.6) is 0 Å². The molecule has 2 aromatic heterocycles. The first-order chi connectivity index (χ1) is 9.20. The zero-order valence-corrected chi connectivity index (χ0v) is 11.4. The van der Waals surface area contributed by atoms with Crippen molar-refractivity contribution < 1.29 is 4.52 Å². The number of rotatable bonds is 4. The summed E-state index contributed by atoms with van der Waals surface area (Å²) >= 11 is 0. The summed E-state index contributed by atoms with van der Waals surface area (Å²) in [6, 6.07) is 0.546. The monoisotopic (exact) mass is 261 g/mol. The van der Waals surface area contributed by atoms with Crippen molar-refractivity contribution >= 4 is 5.95 Å². The Morgan fingerprint density at radius 2 is 2.11 bits per heavy atom. The van der Waals surface area contributed by atoms with E-state index < -0.39 is 0 Å². The minimum Gasteiger partial charge on any atom is -0.353 e. The highest BCUT2D eigenvalue weighted by atomic mass is 16.5. The van der Waals surface area contributed by atoms with Gasteiger partial charge in [0.2, 0.25) is 11.8 Å². The van der Waals surface area contributed by atoms with Crippen LogP contribution in [0.15, 0.2) is 10.7 Å². The lowest BCUT2D eigenvalue weighted by atomic mass is 10.2. The molecule has 102 valence electrons. The molecule has 6 nitrogen and oxygen atoms in total. The van der Waals surface area contributed by atoms with E-state index >= 15 is 0 Å². The predicted molar refractivity (Wildman–Crippen MR) is 71.0 cm³/mol. The molecule has 1 fully saturated rings. The quantitative estimate of drug-likeness (QED) is 0.914. The molecule has 6 heteroatoms. The van der Waals surface area contributed by atoms with E-state index in [1.165, 1.54) is 25.7 Å². The van der Waals surface area contributed by atoms with Gasteiger partial charge in [0.15, 0.2) is 5.82 Å². The Labute approximate surface area is 112 Å². The number of aryl methyl sites for hydroxylation is 2. The maximum absolute atomic E-state index is 5.16. The van der Waals surface area contributed by atoms with E-state index in [0.29, 0.717) is 24.3 Å². The molecule has 0 unspecified atom stereocenters. The van der Waals surface area contributed by atoms with E-state index in [1.807, 2.05) is 24.6 Å². The van der Waals surface area contributed by atoms with E-state index in [1.54, 1.807) is 0 Å². The van der Waals surface area contributed by atoms with Crippen LogP contribution in [0.4, 0.5) is 5.95 Å². The number of nitrogens with one attached hydrogen (secondary N) is 1. The minimum absolute atomic E-state index is 0.546. The lowest BCUT2D eigenvalue weighted by molar-refractivity contribution is 0.368. The number of hydrogen-bond acceptors (Lipinski definition) is 5. The van der Waals surface area contributed by atoms with E-state index in [4.69, 9.17) is 4.52 Å². The zero-order chi connectivity index (χ0) is 13.2. The largest absolute Gasteiger partial charge is 0.353 e. The third kappa shape index (κ3) is 2.77. The van der Waals surface area contributed by atoms with Crippen LogP contribution in [-0.2, 0) is 6.54 Å². The summed E-state index contributed by atoms with van der Waals surface area (Å²) in [4.78, 5) is 8.77. The van der Waals surface area contributed by atoms with Crippen molar-refractivity contribution in [2.24, 2.45) is 0 Å². The maximum atomic E-state index is 5.16. The summed E-state index contributed by atoms with van der Waals surface area (Å²) in [6.07, 6.45) is 7.08. The van der Waals surface area contributed by atoms with Gasteiger partial charge in [-0.1, -0.05) is 18.0 Å². The van der Waals surface area contributed by atoms with Gasteiger partial charge < -0.3 is 14.4 Å². The van der Waals surface area contributed by atoms with Gasteiger partial charge in [-0.05, 0) is 26.7 Å². The lowest BCUT2D eigenvalue weighted by Gasteiger charge is -2.13. The molecule has 2 aromatic rings. The van der Waals surface area contributed by atoms with Crippen LogP contribution in [0.25, 0.3) is 0 Å². The van der Waals surface area contributed by atoms with Gasteiger partial charge >= 0.3 is 0 Å². The van der Waals surface area contributed by atoms with Gasteiger partial charge in [-0.2, -0.15) is 4.98 Å². The molecule has 0 aromatic carbocycles. The molecule has 1 saturated carbocycles. The second kappa shape index (κ2) is 5.03. The molecule has 0 radical (unpaired) electrons. The van der Waals surface area contributed by atoms with Crippen LogP contribution >= 0.6 is 0 Å². The maximum Gasteiger partial charge on any atom is 0.246 e. The van der Waals surface area contributed by atoms with Crippen LogP contribution in [-0.4, -0.2) is 25.7 Å². The highest BCUT2D eigenvalue weighted by Crippen LogP contribution is 2.22. The standard InChI is InChI=1S/C13H19N5O/c1-9-7-18(8-12-15-10(2)17-19-12)13(14-9)16-11-5-3-4-6-11/h7,11H,3-6,8H2,1-2H3,(H,14,16). The minimum atomic E-state index is 0.546. The van der Waals surface area contributed by atoms with Gasteiger partial charge in [0.25, 0.3) is 0 Å². The molecule has 3 rings (SSSR count). The van der Waals surface area contributed by atoms with Crippen molar-refractivity contribution in [2.75, 3.05) is 5.32 Å². The molecular formula is C13H19N5O. The van der Waals surface area contributed by atoms with Crippen LogP contribution in [0.2, 0.25) is 0 Å². The molecule has 19 heavy (non-hydrogen) atoms. The van der Waals surface area contributed by atoms with E-state index in [2.05, 4.69) is 20.4 Å². The molecule has 0 atom stereocenters. The first-order valence-electron chi connectivity index (χ1n) is 6.80. The smallest absolute Gasteiger partial charge is 0.246 e. The average Bonchev–Trinajstić information content (AvgIpc) is 3.05. The Morgan fingerprint density at radius 3 is 2.79 bits per heavy atom. The molecule has 0 amide bonds. The first-order valence-corrected chi connectivity index (χ1v) is 6.80. The fourth-order valence-electron chi connectivity index (χ4n) is 2.59. The van der Waals surface area contributed by atoms with E-state index in [9.17, 15) is 0 Å². The summed E-state index contributed by atoms with van der Waals surface area (Å²) in [7, 11) is 0. The predicted octanol–water partition coefficient (Wildman–Crippen LogP) is 2.29. The number of hydrogen-bond donors (Lipinski definition) is 1. The van der Waals surface area contributed by atoms with Crippen LogP contribution < -0.4 is 5.32 Å². The topological polar surface area (TPSA) is 68.8 Å². The third-order valence-corrected chi connectivity index (χ3v) is 3.46. The molecule has 0 spiro atoms. The summed E-state index contributed by atoms with van der Waals surface area (Å²) in [5.41, 5.74) is 0.997. The SMILES string of the molecule is Cc1cn(Cc2nc(C)no2)c(NC2CCCC2)n1. The Kier molecular flexibility index (Phi) is 3.23. The van der Waals surface area contributed by atoms with Crippen molar-refractivity contribution in [1.82, 2.24) is 19.7 Å². The first kappa shape index (κ1) is 12.2. The normalized spacial score (nSPS) is 16.1. The van der Waals surface area contributed by atoms with Gasteiger partial charge in [0.1, 0.15) is 6.54 Å². The average molecular weight is 261 g/mol. The fourth-order valence-corrected chi connectivity index (χ4v) is 2.59. The van der Waals surface area contributed by atoms with Crippen LogP contribution in [0.3, 0.4) is 0 Å². The Hall–Kier alpha value is -1.85. The number of imidazole rings is 1. The molecule has 0 saturated heterocycles. The lowest BCUT2D eigenvalue weighted by Crippen LogP contribution is -2.18. The van der Waals surface area contributed by atoms with Crippen molar-refractivity contribution in [3.63, 3.8) is 0 Å². The molecule has 1 N–H and O–H groups in total. The summed E-state index contributed by atoms with van der Waals surface area (Å²) < 4.78 is 7.21. The highest BCUT2D eigenvalue weighted by Gasteiger charge is 2.18. The molecular weight excluding hydrogens is 242 g/mol. The number of aromatic nitrogens is 4. The molecule has 1 aliphatic carbocycles. The molecule has 0 aliphatic heterocycles. The second-order valence-corrected chi connectivity index (χ2v) is 5.19. The van der Waals surface area contributed by atoms with E-state index in [0.717, 1.165) is 11.6 Å². The van der Waals surface area contributed by atoms with Crippen LogP contribution in [0.1, 0.15) is 43.1 Å². The molecule has 2 heterocycles.